The number of benzene rings is 1. The molecule has 9 heteroatoms. The first kappa shape index (κ1) is 17.9. The molecule has 0 aliphatic carbocycles. The van der Waals surface area contributed by atoms with Crippen LogP contribution in [-0.4, -0.2) is 40.6 Å². The van der Waals surface area contributed by atoms with E-state index < -0.39 is 6.04 Å². The molecule has 0 fully saturated rings. The van der Waals surface area contributed by atoms with Crippen LogP contribution in [0.25, 0.3) is 0 Å². The van der Waals surface area contributed by atoms with Gasteiger partial charge >= 0.3 is 0 Å². The van der Waals surface area contributed by atoms with Crippen LogP contribution in [0.4, 0.5) is 11.6 Å². The molecule has 1 atom stereocenters. The first-order chi connectivity index (χ1) is 11.5. The molecule has 1 heterocycles. The van der Waals surface area contributed by atoms with Gasteiger partial charge in [-0.25, -0.2) is 0 Å². The summed E-state index contributed by atoms with van der Waals surface area (Å²) in [7, 11) is 3.09. The number of methoxy groups -OCH3 is 2. The van der Waals surface area contributed by atoms with E-state index in [4.69, 9.17) is 15.2 Å². The second kappa shape index (κ2) is 7.91. The molecule has 0 saturated carbocycles. The maximum atomic E-state index is 12.6. The number of carbonyl (C=O) groups excluding carboxylic acids is 1. The van der Waals surface area contributed by atoms with E-state index in [9.17, 15) is 4.79 Å². The van der Waals surface area contributed by atoms with Gasteiger partial charge in [0, 0.05) is 6.07 Å². The van der Waals surface area contributed by atoms with Crippen LogP contribution < -0.4 is 20.5 Å². The number of anilines is 2. The molecule has 0 saturated heterocycles. The minimum atomic E-state index is -0.579. The predicted molar refractivity (Wildman–Crippen MR) is 93.7 cm³/mol. The zero-order valence-corrected chi connectivity index (χ0v) is 14.9. The third-order valence-corrected chi connectivity index (χ3v) is 4.22. The standard InChI is InChI=1S/C15H21N5O3S/c1-5-24-15-19-18-14(16)20(15)9(2)13(21)17-11-8-10(22-3)6-7-12(11)23-4/h6-9H,5H2,1-4H3,(H2,16,18)(H,17,21). The number of carbonyl (C=O) groups is 1. The van der Waals surface area contributed by atoms with Crippen molar-refractivity contribution in [3.63, 3.8) is 0 Å². The van der Waals surface area contributed by atoms with Crippen LogP contribution in [0.3, 0.4) is 0 Å². The number of rotatable bonds is 7. The van der Waals surface area contributed by atoms with Crippen molar-refractivity contribution in [2.45, 2.75) is 25.0 Å². The highest BCUT2D eigenvalue weighted by molar-refractivity contribution is 7.99. The average molecular weight is 351 g/mol. The normalized spacial score (nSPS) is 11.8. The van der Waals surface area contributed by atoms with E-state index in [-0.39, 0.29) is 11.9 Å². The number of nitrogens with one attached hydrogen (secondary N) is 1. The SMILES string of the molecule is CCSc1nnc(N)n1C(C)C(=O)Nc1cc(OC)ccc1OC. The Morgan fingerprint density at radius 1 is 1.38 bits per heavy atom. The minimum Gasteiger partial charge on any atom is -0.497 e. The molecule has 1 unspecified atom stereocenters. The second-order valence-electron chi connectivity index (χ2n) is 4.88. The summed E-state index contributed by atoms with van der Waals surface area (Å²) < 4.78 is 12.1. The van der Waals surface area contributed by atoms with Gasteiger partial charge in [0.05, 0.1) is 19.9 Å². The minimum absolute atomic E-state index is 0.200. The average Bonchev–Trinajstić information content (AvgIpc) is 2.94. The number of nitrogens with zero attached hydrogens (tertiary/aromatic N) is 3. The number of ether oxygens (including phenoxy) is 2. The third kappa shape index (κ3) is 3.73. The van der Waals surface area contributed by atoms with Gasteiger partial charge in [-0.15, -0.1) is 10.2 Å². The van der Waals surface area contributed by atoms with Gasteiger partial charge in [0.1, 0.15) is 17.5 Å². The molecular formula is C15H21N5O3S. The van der Waals surface area contributed by atoms with Gasteiger partial charge in [-0.2, -0.15) is 0 Å². The van der Waals surface area contributed by atoms with E-state index in [1.165, 1.54) is 18.9 Å². The fourth-order valence-electron chi connectivity index (χ4n) is 2.15. The molecule has 0 spiro atoms. The highest BCUT2D eigenvalue weighted by Gasteiger charge is 2.23. The quantitative estimate of drug-likeness (QED) is 0.737. The van der Waals surface area contributed by atoms with Crippen LogP contribution in [0, 0.1) is 0 Å². The number of nitrogen functional groups attached to an aromatic ring is 1. The van der Waals surface area contributed by atoms with Crippen molar-refractivity contribution in [3.05, 3.63) is 18.2 Å². The summed E-state index contributed by atoms with van der Waals surface area (Å²) >= 11 is 1.47. The largest absolute Gasteiger partial charge is 0.497 e. The second-order valence-corrected chi connectivity index (χ2v) is 6.11. The molecule has 3 N–H and O–H groups in total. The number of hydrogen-bond donors (Lipinski definition) is 2. The van der Waals surface area contributed by atoms with E-state index >= 15 is 0 Å². The van der Waals surface area contributed by atoms with Crippen molar-refractivity contribution in [1.29, 1.82) is 0 Å². The number of amides is 1. The first-order valence-electron chi connectivity index (χ1n) is 7.37. The van der Waals surface area contributed by atoms with E-state index in [1.807, 2.05) is 6.92 Å². The number of hydrogen-bond acceptors (Lipinski definition) is 7. The molecule has 0 aliphatic heterocycles. The highest BCUT2D eigenvalue weighted by atomic mass is 32.2. The van der Waals surface area contributed by atoms with Gasteiger partial charge in [-0.05, 0) is 24.8 Å². The summed E-state index contributed by atoms with van der Waals surface area (Å²) in [6.07, 6.45) is 0. The van der Waals surface area contributed by atoms with Crippen LogP contribution in [0.2, 0.25) is 0 Å². The molecule has 1 aromatic heterocycles. The fraction of sp³-hybridized carbons (Fsp3) is 0.400. The lowest BCUT2D eigenvalue weighted by molar-refractivity contribution is -0.118. The summed E-state index contributed by atoms with van der Waals surface area (Å²) in [5.74, 6) is 1.90. The Morgan fingerprint density at radius 2 is 2.12 bits per heavy atom. The first-order valence-corrected chi connectivity index (χ1v) is 8.36. The summed E-state index contributed by atoms with van der Waals surface area (Å²) in [6.45, 7) is 3.73. The van der Waals surface area contributed by atoms with E-state index in [1.54, 1.807) is 36.8 Å². The molecule has 8 nitrogen and oxygen atoms in total. The summed E-state index contributed by atoms with van der Waals surface area (Å²) in [6, 6.07) is 4.60. The fourth-order valence-corrected chi connectivity index (χ4v) is 2.89. The van der Waals surface area contributed by atoms with Crippen molar-refractivity contribution in [2.24, 2.45) is 0 Å². The monoisotopic (exact) mass is 351 g/mol. The van der Waals surface area contributed by atoms with Crippen molar-refractivity contribution < 1.29 is 14.3 Å². The summed E-state index contributed by atoms with van der Waals surface area (Å²) in [4.78, 5) is 12.6. The zero-order valence-electron chi connectivity index (χ0n) is 14.1. The predicted octanol–water partition coefficient (Wildman–Crippen LogP) is 2.19. The van der Waals surface area contributed by atoms with Crippen molar-refractivity contribution in [1.82, 2.24) is 14.8 Å². The smallest absolute Gasteiger partial charge is 0.247 e. The zero-order chi connectivity index (χ0) is 17.7. The Bertz CT molecular complexity index is 719. The lowest BCUT2D eigenvalue weighted by Gasteiger charge is -2.17. The van der Waals surface area contributed by atoms with Crippen molar-refractivity contribution in [2.75, 3.05) is 31.0 Å². The number of aromatic nitrogens is 3. The van der Waals surface area contributed by atoms with Gasteiger partial charge in [0.15, 0.2) is 5.16 Å². The Hall–Kier alpha value is -2.42. The maximum Gasteiger partial charge on any atom is 0.247 e. The van der Waals surface area contributed by atoms with Gasteiger partial charge in [-0.3, -0.25) is 9.36 Å². The Labute approximate surface area is 144 Å². The lowest BCUT2D eigenvalue weighted by atomic mass is 10.2. The van der Waals surface area contributed by atoms with Gasteiger partial charge in [0.25, 0.3) is 0 Å². The maximum absolute atomic E-state index is 12.6. The molecule has 2 aromatic rings. The number of nitrogens with two attached hydrogens (primary N) is 1. The Balaban J connectivity index is 2.25. The lowest BCUT2D eigenvalue weighted by Crippen LogP contribution is -2.25. The van der Waals surface area contributed by atoms with Crippen LogP contribution in [-0.2, 0) is 4.79 Å². The molecule has 0 bridgehead atoms. The molecule has 24 heavy (non-hydrogen) atoms. The van der Waals surface area contributed by atoms with Crippen LogP contribution >= 0.6 is 11.8 Å². The third-order valence-electron chi connectivity index (χ3n) is 3.40. The molecule has 1 aromatic carbocycles. The van der Waals surface area contributed by atoms with Gasteiger partial charge in [0.2, 0.25) is 11.9 Å². The van der Waals surface area contributed by atoms with Gasteiger partial charge < -0.3 is 20.5 Å². The highest BCUT2D eigenvalue weighted by Crippen LogP contribution is 2.30. The summed E-state index contributed by atoms with van der Waals surface area (Å²) in [5, 5.41) is 11.3. The molecule has 0 radical (unpaired) electrons. The van der Waals surface area contributed by atoms with E-state index in [0.717, 1.165) is 5.75 Å². The van der Waals surface area contributed by atoms with Gasteiger partial charge in [-0.1, -0.05) is 18.7 Å². The summed E-state index contributed by atoms with van der Waals surface area (Å²) in [5.41, 5.74) is 6.38. The Kier molecular flexibility index (Phi) is 5.91. The van der Waals surface area contributed by atoms with E-state index in [0.29, 0.717) is 22.3 Å². The van der Waals surface area contributed by atoms with Crippen LogP contribution in [0.15, 0.2) is 23.4 Å². The molecular weight excluding hydrogens is 330 g/mol. The van der Waals surface area contributed by atoms with E-state index in [2.05, 4.69) is 15.5 Å². The molecule has 0 aliphatic rings. The molecule has 130 valence electrons. The van der Waals surface area contributed by atoms with Crippen LogP contribution in [0.5, 0.6) is 11.5 Å². The van der Waals surface area contributed by atoms with Crippen LogP contribution in [0.1, 0.15) is 19.9 Å². The Morgan fingerprint density at radius 3 is 2.75 bits per heavy atom. The van der Waals surface area contributed by atoms with Crippen molar-refractivity contribution in [3.8, 4) is 11.5 Å². The number of thioether (sulfide) groups is 1. The molecule has 1 amide bonds. The topological polar surface area (TPSA) is 104 Å². The molecule has 2 rings (SSSR count). The van der Waals surface area contributed by atoms with Crippen molar-refractivity contribution >= 4 is 29.3 Å².